The number of carbonyl (C=O) groups is 2. The molecule has 8 heteroatoms. The lowest BCUT2D eigenvalue weighted by atomic mass is 10.0. The van der Waals surface area contributed by atoms with Gasteiger partial charge in [-0.25, -0.2) is 0 Å². The summed E-state index contributed by atoms with van der Waals surface area (Å²) in [6.45, 7) is 3.84. The van der Waals surface area contributed by atoms with Crippen LogP contribution in [0.25, 0.3) is 21.9 Å². The number of aryl methyl sites for hydroxylation is 2. The third-order valence-electron chi connectivity index (χ3n) is 4.89. The Bertz CT molecular complexity index is 1330. The summed E-state index contributed by atoms with van der Waals surface area (Å²) >= 11 is 1.33. The molecule has 0 atom stereocenters. The third kappa shape index (κ3) is 4.20. The molecule has 0 fully saturated rings. The number of carboxylic acid groups (broad SMARTS) is 1. The van der Waals surface area contributed by atoms with Crippen molar-refractivity contribution in [3.63, 3.8) is 0 Å². The van der Waals surface area contributed by atoms with Gasteiger partial charge in [0.1, 0.15) is 11.3 Å². The highest BCUT2D eigenvalue weighted by atomic mass is 32.2. The number of oxazole rings is 1. The highest BCUT2D eigenvalue weighted by Gasteiger charge is 2.20. The number of phenols is 1. The third-order valence-corrected chi connectivity index (χ3v) is 5.93. The maximum absolute atomic E-state index is 13.0. The number of aromatic nitrogens is 1. The van der Waals surface area contributed by atoms with Gasteiger partial charge in [-0.3, -0.25) is 14.9 Å². The van der Waals surface area contributed by atoms with Crippen LogP contribution >= 0.6 is 11.8 Å². The second kappa shape index (κ2) is 8.31. The van der Waals surface area contributed by atoms with Crippen molar-refractivity contribution in [3.05, 3.63) is 59.2 Å². The second-order valence-corrected chi connectivity index (χ2v) is 8.34. The lowest BCUT2D eigenvalue weighted by molar-refractivity contribution is -0.136. The van der Waals surface area contributed by atoms with Crippen LogP contribution in [0.3, 0.4) is 0 Å². The van der Waals surface area contributed by atoms with Crippen molar-refractivity contribution in [3.8, 4) is 5.75 Å². The zero-order valence-corrected chi connectivity index (χ0v) is 17.7. The van der Waals surface area contributed by atoms with Crippen LogP contribution < -0.4 is 5.32 Å². The molecule has 4 rings (SSSR count). The van der Waals surface area contributed by atoms with Crippen molar-refractivity contribution in [1.29, 1.82) is 0 Å². The summed E-state index contributed by atoms with van der Waals surface area (Å²) in [5.74, 6) is -1.26. The number of carbonyl (C=O) groups excluding carboxylic acids is 1. The maximum Gasteiger partial charge on any atom is 0.304 e. The van der Waals surface area contributed by atoms with E-state index in [-0.39, 0.29) is 23.7 Å². The van der Waals surface area contributed by atoms with E-state index in [0.717, 1.165) is 21.4 Å². The molecule has 4 aromatic rings. The number of amides is 1. The molecule has 0 aliphatic heterocycles. The predicted molar refractivity (Wildman–Crippen MR) is 120 cm³/mol. The zero-order valence-electron chi connectivity index (χ0n) is 16.9. The molecule has 0 spiro atoms. The molecule has 158 valence electrons. The zero-order chi connectivity index (χ0) is 22.1. The molecule has 3 N–H and O–H groups in total. The van der Waals surface area contributed by atoms with Gasteiger partial charge in [0.05, 0.1) is 12.0 Å². The number of hydrogen-bond donors (Lipinski definition) is 3. The molecule has 31 heavy (non-hydrogen) atoms. The molecule has 3 aromatic carbocycles. The topological polar surface area (TPSA) is 113 Å². The Balaban J connectivity index is 1.72. The Morgan fingerprint density at radius 3 is 2.74 bits per heavy atom. The number of phenolic OH excluding ortho intramolecular Hbond substituents is 1. The summed E-state index contributed by atoms with van der Waals surface area (Å²) in [4.78, 5) is 28.9. The Labute approximate surface area is 182 Å². The second-order valence-electron chi connectivity index (χ2n) is 7.20. The van der Waals surface area contributed by atoms with Crippen molar-refractivity contribution in [1.82, 2.24) is 4.98 Å². The van der Waals surface area contributed by atoms with Crippen molar-refractivity contribution < 1.29 is 24.2 Å². The first-order chi connectivity index (χ1) is 14.8. The Morgan fingerprint density at radius 1 is 1.16 bits per heavy atom. The number of nitrogens with zero attached hydrogens (tertiary/aromatic N) is 1. The lowest BCUT2D eigenvalue weighted by Gasteiger charge is -2.14. The molecule has 7 nitrogen and oxygen atoms in total. The van der Waals surface area contributed by atoms with Gasteiger partial charge in [0.25, 0.3) is 5.91 Å². The summed E-state index contributed by atoms with van der Waals surface area (Å²) in [5.41, 5.74) is 3.17. The van der Waals surface area contributed by atoms with Gasteiger partial charge < -0.3 is 14.6 Å². The molecular weight excluding hydrogens is 416 g/mol. The van der Waals surface area contributed by atoms with Crippen LogP contribution in [0.5, 0.6) is 5.75 Å². The van der Waals surface area contributed by atoms with Gasteiger partial charge in [-0.05, 0) is 43.2 Å². The molecule has 0 saturated heterocycles. The van der Waals surface area contributed by atoms with Gasteiger partial charge >= 0.3 is 12.0 Å². The average molecular weight is 436 g/mol. The fourth-order valence-electron chi connectivity index (χ4n) is 3.40. The standard InChI is InChI=1S/C23H20N2O5S/c1-12-6-7-17-16(10-12)24-23(30-17)25-22(29)15-11-18(31-9-8-19(26)27)20-13(2)4-3-5-14(20)21(15)28/h3-7,10-11,28H,8-9H2,1-2H3,(H,26,27)(H,24,25,29). The van der Waals surface area contributed by atoms with Gasteiger partial charge in [-0.2, -0.15) is 4.98 Å². The monoisotopic (exact) mass is 436 g/mol. The largest absolute Gasteiger partial charge is 0.506 e. The van der Waals surface area contributed by atoms with Crippen LogP contribution in [-0.2, 0) is 4.79 Å². The van der Waals surface area contributed by atoms with E-state index in [1.54, 1.807) is 24.3 Å². The number of thioether (sulfide) groups is 1. The minimum atomic E-state index is -0.892. The normalized spacial score (nSPS) is 11.2. The number of benzene rings is 3. The van der Waals surface area contributed by atoms with Gasteiger partial charge in [0.15, 0.2) is 5.58 Å². The molecule has 0 aliphatic carbocycles. The number of aliphatic carboxylic acids is 1. The predicted octanol–water partition coefficient (Wildman–Crippen LogP) is 5.12. The van der Waals surface area contributed by atoms with Gasteiger partial charge in [0, 0.05) is 21.4 Å². The molecule has 0 saturated carbocycles. The first-order valence-electron chi connectivity index (χ1n) is 9.62. The summed E-state index contributed by atoms with van der Waals surface area (Å²) < 4.78 is 5.59. The summed E-state index contributed by atoms with van der Waals surface area (Å²) in [6, 6.07) is 12.6. The number of rotatable bonds is 6. The molecule has 1 aromatic heterocycles. The van der Waals surface area contributed by atoms with E-state index in [4.69, 9.17) is 9.52 Å². The van der Waals surface area contributed by atoms with E-state index >= 15 is 0 Å². The summed E-state index contributed by atoms with van der Waals surface area (Å²) in [7, 11) is 0. The van der Waals surface area contributed by atoms with Crippen molar-refractivity contribution >= 4 is 51.5 Å². The van der Waals surface area contributed by atoms with Crippen LogP contribution in [0.2, 0.25) is 0 Å². The number of anilines is 1. The number of hydrogen-bond acceptors (Lipinski definition) is 6. The Hall–Kier alpha value is -3.52. The van der Waals surface area contributed by atoms with E-state index < -0.39 is 11.9 Å². The van der Waals surface area contributed by atoms with Crippen molar-refractivity contribution in [2.45, 2.75) is 25.2 Å². The molecule has 0 bridgehead atoms. The fourth-order valence-corrected chi connectivity index (χ4v) is 4.51. The molecule has 0 aliphatic rings. The number of aromatic hydroxyl groups is 1. The molecule has 1 heterocycles. The first kappa shape index (κ1) is 20.7. The van der Waals surface area contributed by atoms with E-state index in [1.807, 2.05) is 32.0 Å². The lowest BCUT2D eigenvalue weighted by Crippen LogP contribution is -2.13. The molecular formula is C23H20N2O5S. The van der Waals surface area contributed by atoms with Crippen LogP contribution in [-0.4, -0.2) is 32.8 Å². The van der Waals surface area contributed by atoms with Crippen molar-refractivity contribution in [2.24, 2.45) is 0 Å². The number of carboxylic acids is 1. The van der Waals surface area contributed by atoms with Gasteiger partial charge in [-0.1, -0.05) is 24.3 Å². The van der Waals surface area contributed by atoms with E-state index in [2.05, 4.69) is 10.3 Å². The minimum Gasteiger partial charge on any atom is -0.506 e. The molecule has 0 radical (unpaired) electrons. The molecule has 0 unspecified atom stereocenters. The Kier molecular flexibility index (Phi) is 5.56. The minimum absolute atomic E-state index is 0.0111. The summed E-state index contributed by atoms with van der Waals surface area (Å²) in [6.07, 6.45) is -0.0111. The SMILES string of the molecule is Cc1ccc2oc(NC(=O)c3cc(SCCC(=O)O)c4c(C)cccc4c3O)nc2c1. The highest BCUT2D eigenvalue weighted by Crippen LogP contribution is 2.39. The highest BCUT2D eigenvalue weighted by molar-refractivity contribution is 7.99. The van der Waals surface area contributed by atoms with Crippen LogP contribution in [0.4, 0.5) is 6.01 Å². The summed E-state index contributed by atoms with van der Waals surface area (Å²) in [5, 5.41) is 23.7. The quantitative estimate of drug-likeness (QED) is 0.359. The number of fused-ring (bicyclic) bond motifs is 2. The van der Waals surface area contributed by atoms with Crippen molar-refractivity contribution in [2.75, 3.05) is 11.1 Å². The van der Waals surface area contributed by atoms with Crippen LogP contribution in [0.15, 0.2) is 51.8 Å². The Morgan fingerprint density at radius 2 is 1.97 bits per heavy atom. The van der Waals surface area contributed by atoms with E-state index in [1.165, 1.54) is 11.8 Å². The van der Waals surface area contributed by atoms with E-state index in [0.29, 0.717) is 22.2 Å². The smallest absolute Gasteiger partial charge is 0.304 e. The average Bonchev–Trinajstić information content (AvgIpc) is 3.10. The fraction of sp³-hybridized carbons (Fsp3) is 0.174. The van der Waals surface area contributed by atoms with Gasteiger partial charge in [0.2, 0.25) is 0 Å². The van der Waals surface area contributed by atoms with Gasteiger partial charge in [-0.15, -0.1) is 11.8 Å². The van der Waals surface area contributed by atoms with E-state index in [9.17, 15) is 14.7 Å². The maximum atomic E-state index is 13.0. The van der Waals surface area contributed by atoms with Crippen LogP contribution in [0, 0.1) is 13.8 Å². The first-order valence-corrected chi connectivity index (χ1v) is 10.6. The number of nitrogens with one attached hydrogen (secondary N) is 1. The molecule has 1 amide bonds. The van der Waals surface area contributed by atoms with Crippen LogP contribution in [0.1, 0.15) is 27.9 Å².